The zero-order valence-corrected chi connectivity index (χ0v) is 30.9. The van der Waals surface area contributed by atoms with E-state index in [2.05, 4.69) is 48.6 Å². The molecular weight excluding hydrogens is 708 g/mol. The number of hydrogen-bond donors (Lipinski definition) is 0. The van der Waals surface area contributed by atoms with Crippen molar-refractivity contribution in [3.05, 3.63) is 111 Å². The highest BCUT2D eigenvalue weighted by atomic mass is 79.9. The summed E-state index contributed by atoms with van der Waals surface area (Å²) in [4.78, 5) is 33.9. The predicted octanol–water partition coefficient (Wildman–Crippen LogP) is 7.29. The minimum atomic E-state index is -0.651. The lowest BCUT2D eigenvalue weighted by Crippen LogP contribution is -2.59. The van der Waals surface area contributed by atoms with Gasteiger partial charge in [0.15, 0.2) is 6.23 Å². The Morgan fingerprint density at radius 2 is 1.88 bits per heavy atom. The molecule has 1 aliphatic carbocycles. The Hall–Kier alpha value is -3.48. The molecule has 4 aromatic rings. The first-order valence-electron chi connectivity index (χ1n) is 16.7. The van der Waals surface area contributed by atoms with E-state index in [0.717, 1.165) is 52.3 Å². The summed E-state index contributed by atoms with van der Waals surface area (Å²) in [5, 5.41) is 2.69. The number of amides is 1. The van der Waals surface area contributed by atoms with E-state index in [1.54, 1.807) is 18.2 Å². The van der Waals surface area contributed by atoms with E-state index in [-0.39, 0.29) is 6.04 Å². The molecule has 1 saturated heterocycles. The standard InChI is InChI=1S/C37H44BrClN6O4/c1-37(2,3)48-36(46)45-19-18-43(35-32-13-10-30(39)21-27(32)8-9-28-20-29(38)22-41-34(28)35)24-33(45)49-44(16-5-15-42-17-14-40-25-42)23-26-6-11-31(47-4)12-7-26/h6-7,10-14,17,20-22,25,33,35H,5,8-9,15-16,18-19,23-24H2,1-4H3. The molecule has 49 heavy (non-hydrogen) atoms. The van der Waals surface area contributed by atoms with Crippen LogP contribution in [0.4, 0.5) is 4.79 Å². The molecule has 0 N–H and O–H groups in total. The maximum atomic E-state index is 13.7. The molecular formula is C37H44BrClN6O4. The number of halogens is 2. The Labute approximate surface area is 302 Å². The van der Waals surface area contributed by atoms with E-state index in [9.17, 15) is 4.79 Å². The second-order valence-electron chi connectivity index (χ2n) is 13.5. The van der Waals surface area contributed by atoms with Crippen LogP contribution < -0.4 is 4.74 Å². The minimum absolute atomic E-state index is 0.138. The predicted molar refractivity (Wildman–Crippen MR) is 192 cm³/mol. The molecule has 2 aliphatic rings. The molecule has 2 unspecified atom stereocenters. The van der Waals surface area contributed by atoms with Crippen LogP contribution in [0.25, 0.3) is 0 Å². The summed E-state index contributed by atoms with van der Waals surface area (Å²) in [5.41, 5.74) is 5.01. The average Bonchev–Trinajstić information content (AvgIpc) is 3.53. The summed E-state index contributed by atoms with van der Waals surface area (Å²) >= 11 is 10.2. The molecule has 0 radical (unpaired) electrons. The van der Waals surface area contributed by atoms with Crippen molar-refractivity contribution in [3.8, 4) is 5.75 Å². The van der Waals surface area contributed by atoms with Crippen LogP contribution in [0, 0.1) is 0 Å². The molecule has 0 spiro atoms. The number of carbonyl (C=O) groups is 1. The molecule has 0 saturated carbocycles. The quantitative estimate of drug-likeness (QED) is 0.156. The lowest BCUT2D eigenvalue weighted by Gasteiger charge is -2.45. The first-order valence-corrected chi connectivity index (χ1v) is 17.9. The number of piperazine rings is 1. The third-order valence-electron chi connectivity index (χ3n) is 8.82. The van der Waals surface area contributed by atoms with Gasteiger partial charge in [0.2, 0.25) is 0 Å². The van der Waals surface area contributed by atoms with E-state index in [1.165, 1.54) is 16.7 Å². The zero-order valence-electron chi connectivity index (χ0n) is 28.5. The zero-order chi connectivity index (χ0) is 34.5. The number of nitrogens with zero attached hydrogens (tertiary/aromatic N) is 6. The highest BCUT2D eigenvalue weighted by Crippen LogP contribution is 2.39. The van der Waals surface area contributed by atoms with E-state index in [1.807, 2.05) is 74.9 Å². The first kappa shape index (κ1) is 35.3. The van der Waals surface area contributed by atoms with Crippen LogP contribution in [0.5, 0.6) is 5.75 Å². The summed E-state index contributed by atoms with van der Waals surface area (Å²) in [6.07, 6.45) is 8.96. The molecule has 1 amide bonds. The summed E-state index contributed by atoms with van der Waals surface area (Å²) in [6.45, 7) is 9.09. The van der Waals surface area contributed by atoms with Gasteiger partial charge in [0.25, 0.3) is 0 Å². The Kier molecular flexibility index (Phi) is 11.3. The number of benzene rings is 2. The van der Waals surface area contributed by atoms with Crippen LogP contribution in [0.2, 0.25) is 5.02 Å². The SMILES string of the molecule is COc1ccc(CN(CCCn2ccnc2)OC2CN(C3c4ccc(Cl)cc4CCc4cc(Br)cnc43)CCN2C(=O)OC(C)(C)C)cc1. The van der Waals surface area contributed by atoms with Gasteiger partial charge in [-0.2, -0.15) is 5.06 Å². The number of imidazole rings is 1. The lowest BCUT2D eigenvalue weighted by molar-refractivity contribution is -0.254. The minimum Gasteiger partial charge on any atom is -0.497 e. The number of hydrogen-bond acceptors (Lipinski definition) is 8. The average molecular weight is 752 g/mol. The smallest absolute Gasteiger partial charge is 0.412 e. The number of pyridine rings is 1. The molecule has 3 heterocycles. The van der Waals surface area contributed by atoms with E-state index < -0.39 is 17.9 Å². The third-order valence-corrected chi connectivity index (χ3v) is 9.49. The molecule has 12 heteroatoms. The van der Waals surface area contributed by atoms with Gasteiger partial charge in [-0.1, -0.05) is 29.8 Å². The second kappa shape index (κ2) is 15.6. The van der Waals surface area contributed by atoms with Crippen LogP contribution in [-0.2, 0) is 35.5 Å². The fourth-order valence-electron chi connectivity index (χ4n) is 6.53. The Morgan fingerprint density at radius 1 is 1.08 bits per heavy atom. The number of hydroxylamine groups is 2. The van der Waals surface area contributed by atoms with Crippen molar-refractivity contribution < 1.29 is 19.1 Å². The van der Waals surface area contributed by atoms with Crippen LogP contribution in [0.15, 0.2) is 77.9 Å². The monoisotopic (exact) mass is 750 g/mol. The summed E-state index contributed by atoms with van der Waals surface area (Å²) < 4.78 is 14.3. The number of methoxy groups -OCH3 is 1. The molecule has 1 aliphatic heterocycles. The van der Waals surface area contributed by atoms with Crippen LogP contribution >= 0.6 is 27.5 Å². The fraction of sp³-hybridized carbons (Fsp3) is 0.432. The van der Waals surface area contributed by atoms with Gasteiger partial charge in [-0.3, -0.25) is 19.6 Å². The Morgan fingerprint density at radius 3 is 2.61 bits per heavy atom. The van der Waals surface area contributed by atoms with Gasteiger partial charge in [-0.15, -0.1) is 0 Å². The van der Waals surface area contributed by atoms with Crippen LogP contribution in [0.1, 0.15) is 61.2 Å². The molecule has 260 valence electrons. The highest BCUT2D eigenvalue weighted by Gasteiger charge is 2.40. The number of rotatable bonds is 10. The number of fused-ring (bicyclic) bond motifs is 2. The molecule has 2 atom stereocenters. The van der Waals surface area contributed by atoms with Gasteiger partial charge >= 0.3 is 6.09 Å². The first-order chi connectivity index (χ1) is 23.6. The van der Waals surface area contributed by atoms with Crippen molar-refractivity contribution in [1.29, 1.82) is 0 Å². The molecule has 0 bridgehead atoms. The Bertz CT molecular complexity index is 1660. The molecule has 6 rings (SSSR count). The van der Waals surface area contributed by atoms with E-state index >= 15 is 0 Å². The van der Waals surface area contributed by atoms with Gasteiger partial charge in [0.1, 0.15) is 11.4 Å². The van der Waals surface area contributed by atoms with Gasteiger partial charge in [-0.25, -0.2) is 9.78 Å². The maximum absolute atomic E-state index is 13.7. The van der Waals surface area contributed by atoms with Gasteiger partial charge < -0.3 is 14.0 Å². The maximum Gasteiger partial charge on any atom is 0.412 e. The fourth-order valence-corrected chi connectivity index (χ4v) is 7.10. The third kappa shape index (κ3) is 9.01. The van der Waals surface area contributed by atoms with Crippen molar-refractivity contribution >= 4 is 33.6 Å². The molecule has 2 aromatic carbocycles. The van der Waals surface area contributed by atoms with Gasteiger partial charge in [0.05, 0.1) is 25.2 Å². The Balaban J connectivity index is 1.32. The van der Waals surface area contributed by atoms with Crippen molar-refractivity contribution in [2.75, 3.05) is 33.3 Å². The lowest BCUT2D eigenvalue weighted by atomic mass is 9.96. The number of aromatic nitrogens is 3. The molecule has 2 aromatic heterocycles. The second-order valence-corrected chi connectivity index (χ2v) is 14.9. The van der Waals surface area contributed by atoms with Crippen molar-refractivity contribution in [1.82, 2.24) is 29.4 Å². The number of aryl methyl sites for hydroxylation is 3. The molecule has 10 nitrogen and oxygen atoms in total. The van der Waals surface area contributed by atoms with Gasteiger partial charge in [-0.05, 0) is 109 Å². The van der Waals surface area contributed by atoms with E-state index in [4.69, 9.17) is 30.9 Å². The number of ether oxygens (including phenoxy) is 2. The van der Waals surface area contributed by atoms with Crippen LogP contribution in [-0.4, -0.2) is 80.6 Å². The van der Waals surface area contributed by atoms with Gasteiger partial charge in [0, 0.05) is 67.4 Å². The highest BCUT2D eigenvalue weighted by molar-refractivity contribution is 9.10. The van der Waals surface area contributed by atoms with Crippen molar-refractivity contribution in [2.24, 2.45) is 0 Å². The summed E-state index contributed by atoms with van der Waals surface area (Å²) in [7, 11) is 1.66. The number of carbonyl (C=O) groups excluding carboxylic acids is 1. The van der Waals surface area contributed by atoms with Crippen LogP contribution in [0.3, 0.4) is 0 Å². The van der Waals surface area contributed by atoms with E-state index in [0.29, 0.717) is 32.7 Å². The molecule has 1 fully saturated rings. The van der Waals surface area contributed by atoms with Crippen molar-refractivity contribution in [3.63, 3.8) is 0 Å². The summed E-state index contributed by atoms with van der Waals surface area (Å²) in [6, 6.07) is 16.2. The van der Waals surface area contributed by atoms with Crippen molar-refractivity contribution in [2.45, 2.75) is 71.0 Å². The largest absolute Gasteiger partial charge is 0.497 e. The topological polar surface area (TPSA) is 85.2 Å². The normalized spacial score (nSPS) is 18.1. The summed E-state index contributed by atoms with van der Waals surface area (Å²) in [5.74, 6) is 0.793.